The number of aliphatic carboxylic acids is 1. The monoisotopic (exact) mass is 446 g/mol. The lowest BCUT2D eigenvalue weighted by Gasteiger charge is -2.16. The van der Waals surface area contributed by atoms with Crippen LogP contribution >= 0.6 is 0 Å². The van der Waals surface area contributed by atoms with Gasteiger partial charge in [-0.05, 0) is 34.4 Å². The molecule has 8 nitrogen and oxygen atoms in total. The highest BCUT2D eigenvalue weighted by Crippen LogP contribution is 2.44. The predicted octanol–water partition coefficient (Wildman–Crippen LogP) is 3.87. The van der Waals surface area contributed by atoms with Gasteiger partial charge in [-0.15, -0.1) is 0 Å². The van der Waals surface area contributed by atoms with Gasteiger partial charge >= 0.3 is 12.1 Å². The minimum Gasteiger partial charge on any atom is -0.497 e. The summed E-state index contributed by atoms with van der Waals surface area (Å²) in [5.41, 5.74) is 4.64. The van der Waals surface area contributed by atoms with Gasteiger partial charge in [0.25, 0.3) is 5.91 Å². The fourth-order valence-electron chi connectivity index (χ4n) is 3.95. The number of carboxylic acids is 1. The van der Waals surface area contributed by atoms with Gasteiger partial charge in [0.1, 0.15) is 18.9 Å². The fourth-order valence-corrected chi connectivity index (χ4v) is 3.95. The Morgan fingerprint density at radius 1 is 0.939 bits per heavy atom. The Kier molecular flexibility index (Phi) is 6.26. The zero-order chi connectivity index (χ0) is 23.4. The lowest BCUT2D eigenvalue weighted by atomic mass is 9.98. The van der Waals surface area contributed by atoms with Crippen LogP contribution in [0.15, 0.2) is 66.7 Å². The summed E-state index contributed by atoms with van der Waals surface area (Å²) in [6.45, 7) is -0.431. The Morgan fingerprint density at radius 3 is 2.18 bits per heavy atom. The molecule has 0 saturated heterocycles. The van der Waals surface area contributed by atoms with Gasteiger partial charge in [0, 0.05) is 12.0 Å². The molecule has 0 aromatic heterocycles. The van der Waals surface area contributed by atoms with Gasteiger partial charge in [0.05, 0.1) is 18.4 Å². The van der Waals surface area contributed by atoms with E-state index in [9.17, 15) is 14.4 Å². The van der Waals surface area contributed by atoms with E-state index < -0.39 is 24.5 Å². The highest BCUT2D eigenvalue weighted by atomic mass is 16.5. The van der Waals surface area contributed by atoms with Gasteiger partial charge in [-0.1, -0.05) is 48.5 Å². The van der Waals surface area contributed by atoms with Crippen molar-refractivity contribution in [1.29, 1.82) is 0 Å². The summed E-state index contributed by atoms with van der Waals surface area (Å²) in [5, 5.41) is 13.6. The maximum atomic E-state index is 12.6. The van der Waals surface area contributed by atoms with E-state index >= 15 is 0 Å². The van der Waals surface area contributed by atoms with Crippen LogP contribution in [0.5, 0.6) is 5.75 Å². The van der Waals surface area contributed by atoms with Crippen LogP contribution in [-0.2, 0) is 9.53 Å². The van der Waals surface area contributed by atoms with E-state index in [1.807, 2.05) is 48.5 Å². The van der Waals surface area contributed by atoms with Crippen LogP contribution in [0.2, 0.25) is 0 Å². The second-order valence-corrected chi connectivity index (χ2v) is 7.44. The maximum Gasteiger partial charge on any atom is 0.411 e. The van der Waals surface area contributed by atoms with E-state index in [1.165, 1.54) is 19.2 Å². The molecule has 0 fully saturated rings. The highest BCUT2D eigenvalue weighted by Gasteiger charge is 2.29. The number of benzene rings is 3. The normalized spacial score (nSPS) is 11.8. The van der Waals surface area contributed by atoms with Gasteiger partial charge in [-0.25, -0.2) is 4.79 Å². The summed E-state index contributed by atoms with van der Waals surface area (Å²) in [6.07, 6.45) is -0.739. The fraction of sp³-hybridized carbons (Fsp3) is 0.160. The van der Waals surface area contributed by atoms with Crippen LogP contribution in [0.1, 0.15) is 27.4 Å². The molecule has 0 saturated carbocycles. The molecule has 0 bridgehead atoms. The number of rotatable bonds is 7. The molecule has 1 aliphatic carbocycles. The molecule has 0 spiro atoms. The van der Waals surface area contributed by atoms with E-state index in [4.69, 9.17) is 14.6 Å². The number of anilines is 1. The maximum absolute atomic E-state index is 12.6. The second kappa shape index (κ2) is 9.44. The van der Waals surface area contributed by atoms with E-state index in [1.54, 1.807) is 6.07 Å². The van der Waals surface area contributed by atoms with Crippen LogP contribution < -0.4 is 15.4 Å². The number of carbonyl (C=O) groups excluding carboxylic acids is 2. The molecule has 4 rings (SSSR count). The number of amides is 2. The molecule has 33 heavy (non-hydrogen) atoms. The van der Waals surface area contributed by atoms with Crippen molar-refractivity contribution in [3.05, 3.63) is 83.4 Å². The minimum absolute atomic E-state index is 0.0885. The predicted molar refractivity (Wildman–Crippen MR) is 122 cm³/mol. The summed E-state index contributed by atoms with van der Waals surface area (Å²) in [5.74, 6) is -1.51. The first kappa shape index (κ1) is 21.9. The molecule has 0 heterocycles. The first-order chi connectivity index (χ1) is 16.0. The number of carboxylic acid groups (broad SMARTS) is 1. The Balaban J connectivity index is 1.49. The first-order valence-corrected chi connectivity index (χ1v) is 10.3. The molecule has 1 aliphatic rings. The summed E-state index contributed by atoms with van der Waals surface area (Å²) < 4.78 is 10.7. The number of hydrogen-bond donors (Lipinski definition) is 3. The molecule has 2 amide bonds. The van der Waals surface area contributed by atoms with Crippen molar-refractivity contribution in [2.75, 3.05) is 25.6 Å². The lowest BCUT2D eigenvalue weighted by molar-refractivity contribution is -0.135. The summed E-state index contributed by atoms with van der Waals surface area (Å²) in [6, 6.07) is 20.5. The van der Waals surface area contributed by atoms with Gasteiger partial charge in [0.15, 0.2) is 0 Å². The molecular weight excluding hydrogens is 424 g/mol. The molecule has 3 N–H and O–H groups in total. The first-order valence-electron chi connectivity index (χ1n) is 10.3. The molecule has 3 aromatic carbocycles. The third kappa shape index (κ3) is 4.64. The van der Waals surface area contributed by atoms with Crippen LogP contribution in [0, 0.1) is 0 Å². The van der Waals surface area contributed by atoms with Crippen molar-refractivity contribution in [2.45, 2.75) is 5.92 Å². The van der Waals surface area contributed by atoms with Crippen molar-refractivity contribution in [2.24, 2.45) is 0 Å². The molecule has 3 aromatic rings. The van der Waals surface area contributed by atoms with Crippen LogP contribution in [-0.4, -0.2) is 43.3 Å². The van der Waals surface area contributed by atoms with Crippen molar-refractivity contribution in [3.8, 4) is 16.9 Å². The topological polar surface area (TPSA) is 114 Å². The molecule has 8 heteroatoms. The number of methoxy groups -OCH3 is 1. The molecule has 0 aliphatic heterocycles. The van der Waals surface area contributed by atoms with Crippen molar-refractivity contribution < 1.29 is 29.0 Å². The Morgan fingerprint density at radius 2 is 1.58 bits per heavy atom. The van der Waals surface area contributed by atoms with E-state index in [-0.39, 0.29) is 23.8 Å². The molecular formula is C25H22N2O6. The van der Waals surface area contributed by atoms with Crippen LogP contribution in [0.4, 0.5) is 10.5 Å². The molecule has 0 unspecified atom stereocenters. The number of hydrogen-bond acceptors (Lipinski definition) is 5. The largest absolute Gasteiger partial charge is 0.497 e. The van der Waals surface area contributed by atoms with Crippen LogP contribution in [0.25, 0.3) is 11.1 Å². The average Bonchev–Trinajstić information content (AvgIpc) is 3.15. The van der Waals surface area contributed by atoms with E-state index in [0.717, 1.165) is 22.3 Å². The van der Waals surface area contributed by atoms with Crippen molar-refractivity contribution >= 4 is 23.7 Å². The highest BCUT2D eigenvalue weighted by molar-refractivity contribution is 6.03. The number of nitrogens with one attached hydrogen (secondary N) is 2. The zero-order valence-electron chi connectivity index (χ0n) is 17.8. The molecule has 168 valence electrons. The standard InChI is InChI=1S/C25H22N2O6/c1-32-15-10-11-20(24(30)26-13-23(28)29)22(12-15)27-25(31)33-14-21-18-8-4-2-6-16(18)17-7-3-5-9-19(17)21/h2-12,21H,13-14H2,1H3,(H,26,30)(H,27,31)(H,28,29). The van der Waals surface area contributed by atoms with Gasteiger partial charge < -0.3 is 19.9 Å². The lowest BCUT2D eigenvalue weighted by Crippen LogP contribution is -2.30. The van der Waals surface area contributed by atoms with E-state index in [0.29, 0.717) is 5.75 Å². The molecule has 0 atom stereocenters. The van der Waals surface area contributed by atoms with Crippen molar-refractivity contribution in [1.82, 2.24) is 5.32 Å². The average molecular weight is 446 g/mol. The third-order valence-electron chi connectivity index (χ3n) is 5.45. The number of ether oxygens (including phenoxy) is 2. The minimum atomic E-state index is -1.18. The van der Waals surface area contributed by atoms with Gasteiger partial charge in [-0.2, -0.15) is 0 Å². The van der Waals surface area contributed by atoms with Crippen LogP contribution in [0.3, 0.4) is 0 Å². The smallest absolute Gasteiger partial charge is 0.411 e. The van der Waals surface area contributed by atoms with Gasteiger partial charge in [0.2, 0.25) is 0 Å². The Labute approximate surface area is 190 Å². The number of carbonyl (C=O) groups is 3. The Bertz CT molecular complexity index is 1180. The zero-order valence-corrected chi connectivity index (χ0v) is 17.8. The Hall–Kier alpha value is -4.33. The number of fused-ring (bicyclic) bond motifs is 3. The van der Waals surface area contributed by atoms with Crippen molar-refractivity contribution in [3.63, 3.8) is 0 Å². The molecule has 0 radical (unpaired) electrons. The third-order valence-corrected chi connectivity index (χ3v) is 5.45. The summed E-state index contributed by atoms with van der Waals surface area (Å²) in [7, 11) is 1.45. The summed E-state index contributed by atoms with van der Waals surface area (Å²) in [4.78, 5) is 35.8. The summed E-state index contributed by atoms with van der Waals surface area (Å²) >= 11 is 0. The van der Waals surface area contributed by atoms with E-state index in [2.05, 4.69) is 10.6 Å². The second-order valence-electron chi connectivity index (χ2n) is 7.44. The van der Waals surface area contributed by atoms with Gasteiger partial charge in [-0.3, -0.25) is 14.9 Å². The SMILES string of the molecule is COc1ccc(C(=O)NCC(=O)O)c(NC(=O)OCC2c3ccccc3-c3ccccc32)c1. The quantitative estimate of drug-likeness (QED) is 0.508.